The van der Waals surface area contributed by atoms with Crippen LogP contribution in [0.25, 0.3) is 10.9 Å². The maximum atomic E-state index is 11.4. The normalized spacial score (nSPS) is 11.4. The first kappa shape index (κ1) is 21.8. The lowest BCUT2D eigenvalue weighted by molar-refractivity contribution is 0.255. The summed E-state index contributed by atoms with van der Waals surface area (Å²) in [5.74, 6) is 1.06. The second kappa shape index (κ2) is 8.96. The van der Waals surface area contributed by atoms with Crippen LogP contribution in [-0.4, -0.2) is 43.1 Å². The van der Waals surface area contributed by atoms with Crippen LogP contribution >= 0.6 is 0 Å². The van der Waals surface area contributed by atoms with E-state index in [1.165, 1.54) is 4.90 Å². The van der Waals surface area contributed by atoms with Crippen LogP contribution in [0.1, 0.15) is 11.1 Å². The van der Waals surface area contributed by atoms with Crippen molar-refractivity contribution in [1.29, 1.82) is 0 Å². The van der Waals surface area contributed by atoms with Crippen LogP contribution in [0.15, 0.2) is 71.7 Å². The molecule has 0 aliphatic carbocycles. The van der Waals surface area contributed by atoms with Crippen molar-refractivity contribution in [2.75, 3.05) is 26.2 Å². The molecule has 33 heavy (non-hydrogen) atoms. The van der Waals surface area contributed by atoms with Crippen LogP contribution in [0.2, 0.25) is 0 Å². The molecule has 8 nitrogen and oxygen atoms in total. The number of H-pyrrole nitrogens is 1. The summed E-state index contributed by atoms with van der Waals surface area (Å²) >= 11 is 0. The van der Waals surface area contributed by atoms with E-state index in [4.69, 9.17) is 20.2 Å². The monoisotopic (exact) mass is 444 g/mol. The summed E-state index contributed by atoms with van der Waals surface area (Å²) in [5.41, 5.74) is 9.25. The molecule has 2 amide bonds. The van der Waals surface area contributed by atoms with E-state index in [2.05, 4.69) is 4.98 Å². The lowest BCUT2D eigenvalue weighted by atomic mass is 10.0. The number of nitrogens with one attached hydrogen (secondary N) is 1. The minimum atomic E-state index is -0.552. The Labute approximate surface area is 190 Å². The molecule has 0 fully saturated rings. The average molecular weight is 444 g/mol. The number of amides is 2. The van der Waals surface area contributed by atoms with Crippen LogP contribution in [-0.2, 0) is 0 Å². The van der Waals surface area contributed by atoms with Crippen LogP contribution < -0.4 is 20.1 Å². The van der Waals surface area contributed by atoms with Crippen molar-refractivity contribution in [3.8, 4) is 17.4 Å². The number of aromatic hydroxyl groups is 1. The average Bonchev–Trinajstić information content (AvgIpc) is 3.16. The van der Waals surface area contributed by atoms with Crippen LogP contribution in [0.3, 0.4) is 0 Å². The summed E-state index contributed by atoms with van der Waals surface area (Å²) in [4.78, 5) is 20.6. The van der Waals surface area contributed by atoms with Crippen LogP contribution in [0.5, 0.6) is 17.4 Å². The van der Waals surface area contributed by atoms with Gasteiger partial charge in [0.05, 0.1) is 36.7 Å². The number of nitrogens with zero attached hydrogens (tertiary/aromatic N) is 2. The Morgan fingerprint density at radius 3 is 2.24 bits per heavy atom. The minimum Gasteiger partial charge on any atom is -0.494 e. The molecule has 0 spiro atoms. The number of carbonyl (C=O) groups is 1. The van der Waals surface area contributed by atoms with Crippen molar-refractivity contribution in [3.63, 3.8) is 0 Å². The minimum absolute atomic E-state index is 0.0204. The van der Waals surface area contributed by atoms with E-state index in [1.807, 2.05) is 36.4 Å². The third-order valence-corrected chi connectivity index (χ3v) is 5.38. The van der Waals surface area contributed by atoms with Gasteiger partial charge in [-0.25, -0.2) is 9.79 Å². The van der Waals surface area contributed by atoms with Gasteiger partial charge in [0, 0.05) is 29.8 Å². The first-order valence-electron chi connectivity index (χ1n) is 10.2. The molecule has 4 rings (SSSR count). The van der Waals surface area contributed by atoms with Crippen molar-refractivity contribution >= 4 is 34.0 Å². The van der Waals surface area contributed by atoms with Crippen molar-refractivity contribution in [1.82, 2.24) is 4.98 Å². The van der Waals surface area contributed by atoms with Gasteiger partial charge in [-0.2, -0.15) is 0 Å². The number of hydrogen-bond donors (Lipinski definition) is 3. The highest BCUT2D eigenvalue weighted by atomic mass is 16.5. The maximum Gasteiger partial charge on any atom is 0.318 e. The second-order valence-corrected chi connectivity index (χ2v) is 7.34. The SMILES string of the molecule is COc1cc2[nH]c(O)c(C(=Nc3ccc(N(C)C(N)=O)cc3)c3ccccc3)c2cc1OC. The molecule has 0 aliphatic rings. The lowest BCUT2D eigenvalue weighted by Gasteiger charge is -2.14. The van der Waals surface area contributed by atoms with Crippen molar-refractivity contribution < 1.29 is 19.4 Å². The fourth-order valence-electron chi connectivity index (χ4n) is 3.61. The number of aromatic nitrogens is 1. The Bertz CT molecular complexity index is 1330. The van der Waals surface area contributed by atoms with E-state index in [0.29, 0.717) is 39.7 Å². The highest BCUT2D eigenvalue weighted by Crippen LogP contribution is 2.38. The summed E-state index contributed by atoms with van der Waals surface area (Å²) in [5, 5.41) is 11.6. The molecular formula is C25H24N4O4. The fourth-order valence-corrected chi connectivity index (χ4v) is 3.61. The van der Waals surface area contributed by atoms with E-state index < -0.39 is 6.03 Å². The van der Waals surface area contributed by atoms with Crippen molar-refractivity contribution in [2.45, 2.75) is 0 Å². The Morgan fingerprint density at radius 2 is 1.64 bits per heavy atom. The molecule has 4 aromatic rings. The first-order chi connectivity index (χ1) is 15.9. The Hall–Kier alpha value is -4.46. The molecule has 168 valence electrons. The quantitative estimate of drug-likeness (QED) is 0.378. The zero-order valence-corrected chi connectivity index (χ0v) is 18.5. The molecule has 3 aromatic carbocycles. The maximum absolute atomic E-state index is 11.4. The van der Waals surface area contributed by atoms with E-state index >= 15 is 0 Å². The fraction of sp³-hybridized carbons (Fsp3) is 0.120. The van der Waals surface area contributed by atoms with Gasteiger partial charge in [0.15, 0.2) is 17.4 Å². The summed E-state index contributed by atoms with van der Waals surface area (Å²) in [7, 11) is 4.72. The smallest absolute Gasteiger partial charge is 0.318 e. The predicted octanol–water partition coefficient (Wildman–Crippen LogP) is 4.57. The predicted molar refractivity (Wildman–Crippen MR) is 129 cm³/mol. The lowest BCUT2D eigenvalue weighted by Crippen LogP contribution is -2.31. The molecule has 0 aliphatic heterocycles. The van der Waals surface area contributed by atoms with Gasteiger partial charge in [-0.05, 0) is 30.3 Å². The highest BCUT2D eigenvalue weighted by Gasteiger charge is 2.21. The third-order valence-electron chi connectivity index (χ3n) is 5.38. The number of urea groups is 1. The zero-order chi connectivity index (χ0) is 23.5. The zero-order valence-electron chi connectivity index (χ0n) is 18.5. The summed E-state index contributed by atoms with van der Waals surface area (Å²) < 4.78 is 10.9. The number of nitrogens with two attached hydrogens (primary N) is 1. The molecule has 0 saturated carbocycles. The number of anilines is 1. The van der Waals surface area contributed by atoms with Crippen molar-refractivity contribution in [2.24, 2.45) is 10.7 Å². The van der Waals surface area contributed by atoms with Gasteiger partial charge in [-0.1, -0.05) is 30.3 Å². The van der Waals surface area contributed by atoms with E-state index in [-0.39, 0.29) is 5.88 Å². The van der Waals surface area contributed by atoms with E-state index in [1.54, 1.807) is 51.6 Å². The number of fused-ring (bicyclic) bond motifs is 1. The molecular weight excluding hydrogens is 420 g/mol. The molecule has 8 heteroatoms. The van der Waals surface area contributed by atoms with E-state index in [0.717, 1.165) is 10.9 Å². The number of benzene rings is 3. The Kier molecular flexibility index (Phi) is 5.91. The first-order valence-corrected chi connectivity index (χ1v) is 10.2. The second-order valence-electron chi connectivity index (χ2n) is 7.34. The van der Waals surface area contributed by atoms with Gasteiger partial charge in [-0.15, -0.1) is 0 Å². The standard InChI is InChI=1S/C25H24N4O4/c1-29(25(26)31)17-11-9-16(10-12-17)27-23(15-7-5-4-6-8-15)22-18-13-20(32-2)21(33-3)14-19(18)28-24(22)30/h4-14,28,30H,1-3H3,(H2,26,31). The van der Waals surface area contributed by atoms with Gasteiger partial charge >= 0.3 is 6.03 Å². The number of aliphatic imine (C=N–C) groups is 1. The number of carbonyl (C=O) groups excluding carboxylic acids is 1. The van der Waals surface area contributed by atoms with Gasteiger partial charge in [0.25, 0.3) is 0 Å². The number of aromatic amines is 1. The van der Waals surface area contributed by atoms with Gasteiger partial charge in [-0.3, -0.25) is 4.90 Å². The molecule has 1 aromatic heterocycles. The largest absolute Gasteiger partial charge is 0.494 e. The Morgan fingerprint density at radius 1 is 1.00 bits per heavy atom. The number of rotatable bonds is 6. The van der Waals surface area contributed by atoms with E-state index in [9.17, 15) is 9.90 Å². The number of methoxy groups -OCH3 is 2. The third kappa shape index (κ3) is 4.18. The van der Waals surface area contributed by atoms with Gasteiger partial charge in [0.2, 0.25) is 0 Å². The highest BCUT2D eigenvalue weighted by molar-refractivity contribution is 6.22. The summed E-state index contributed by atoms with van der Waals surface area (Å²) in [6.45, 7) is 0. The van der Waals surface area contributed by atoms with Crippen molar-refractivity contribution in [3.05, 3.63) is 77.9 Å². The molecule has 1 heterocycles. The number of primary amides is 1. The molecule has 0 atom stereocenters. The van der Waals surface area contributed by atoms with Gasteiger partial charge < -0.3 is 25.3 Å². The van der Waals surface area contributed by atoms with Crippen LogP contribution in [0.4, 0.5) is 16.2 Å². The molecule has 0 bridgehead atoms. The topological polar surface area (TPSA) is 113 Å². The van der Waals surface area contributed by atoms with Crippen LogP contribution in [0, 0.1) is 0 Å². The molecule has 4 N–H and O–H groups in total. The number of ether oxygens (including phenoxy) is 2. The molecule has 0 saturated heterocycles. The van der Waals surface area contributed by atoms with Gasteiger partial charge in [0.1, 0.15) is 0 Å². The molecule has 0 radical (unpaired) electrons. The number of hydrogen-bond acceptors (Lipinski definition) is 5. The summed E-state index contributed by atoms with van der Waals surface area (Å²) in [6.07, 6.45) is 0. The summed E-state index contributed by atoms with van der Waals surface area (Å²) in [6, 6.07) is 19.7. The molecule has 0 unspecified atom stereocenters. The Balaban J connectivity index is 1.90.